The van der Waals surface area contributed by atoms with E-state index in [9.17, 15) is 19.8 Å². The number of hydrogen-bond donors (Lipinski definition) is 2. The molecule has 45 heavy (non-hydrogen) atoms. The molecular weight excluding hydrogens is 600 g/mol. The standard InChI is InChI=1S/C31H50N6O7S/c1-6-13-37-30(23-9-11-32-12-10-23)33-34-31(37)45-21-28(40)36-14-7-8-15-44-19-25(38)29(41)26(43-5)18-35(27(39)20-42-4)17-24(36)16-22(2)3/h9-12,22,24-26,29,38,41H,6-8,13-21H2,1-5H3/t24-,25+,26+,29+/m0/s1. The Balaban J connectivity index is 1.89. The second kappa shape index (κ2) is 19.1. The summed E-state index contributed by atoms with van der Waals surface area (Å²) in [7, 11) is 2.88. The summed E-state index contributed by atoms with van der Waals surface area (Å²) in [6.07, 6.45) is 2.99. The third-order valence-electron chi connectivity index (χ3n) is 7.69. The molecule has 14 heteroatoms. The number of amides is 2. The van der Waals surface area contributed by atoms with Gasteiger partial charge in [0.2, 0.25) is 11.8 Å². The maximum absolute atomic E-state index is 14.0. The van der Waals surface area contributed by atoms with E-state index in [1.54, 1.807) is 17.3 Å². The summed E-state index contributed by atoms with van der Waals surface area (Å²) in [5.41, 5.74) is 0.908. The molecule has 0 aliphatic carbocycles. The van der Waals surface area contributed by atoms with Gasteiger partial charge >= 0.3 is 0 Å². The zero-order chi connectivity index (χ0) is 32.8. The first-order valence-corrected chi connectivity index (χ1v) is 16.7. The van der Waals surface area contributed by atoms with Crippen LogP contribution in [0.1, 0.15) is 46.5 Å². The smallest absolute Gasteiger partial charge is 0.248 e. The van der Waals surface area contributed by atoms with Gasteiger partial charge < -0.3 is 38.8 Å². The monoisotopic (exact) mass is 650 g/mol. The molecule has 3 rings (SSSR count). The summed E-state index contributed by atoms with van der Waals surface area (Å²) >= 11 is 1.36. The molecule has 0 aromatic carbocycles. The van der Waals surface area contributed by atoms with Crippen molar-refractivity contribution in [2.75, 3.05) is 59.4 Å². The number of carbonyl (C=O) groups is 2. The van der Waals surface area contributed by atoms with Gasteiger partial charge in [-0.2, -0.15) is 0 Å². The van der Waals surface area contributed by atoms with Crippen molar-refractivity contribution in [2.24, 2.45) is 5.92 Å². The number of methoxy groups -OCH3 is 2. The number of nitrogens with zero attached hydrogens (tertiary/aromatic N) is 6. The third-order valence-corrected chi connectivity index (χ3v) is 8.64. The second-order valence-electron chi connectivity index (χ2n) is 11.7. The van der Waals surface area contributed by atoms with Gasteiger partial charge in [-0.05, 0) is 43.7 Å². The Morgan fingerprint density at radius 1 is 1.11 bits per heavy atom. The number of rotatable bonds is 11. The number of hydrogen-bond acceptors (Lipinski definition) is 11. The minimum Gasteiger partial charge on any atom is -0.388 e. The van der Waals surface area contributed by atoms with Gasteiger partial charge in [0.05, 0.1) is 12.4 Å². The molecule has 1 saturated heterocycles. The SMILES string of the molecule is CCCn1c(SCC(=O)N2CCCCOC[C@@H](O)[C@@H](O)[C@H](OC)CN(C(=O)COC)C[C@@H]2CC(C)C)nnc1-c1ccncc1. The Morgan fingerprint density at radius 3 is 2.53 bits per heavy atom. The maximum atomic E-state index is 14.0. The van der Waals surface area contributed by atoms with E-state index < -0.39 is 18.3 Å². The zero-order valence-electron chi connectivity index (χ0n) is 27.2. The molecule has 2 aromatic rings. The van der Waals surface area contributed by atoms with Crippen molar-refractivity contribution in [3.8, 4) is 11.4 Å². The molecule has 2 aromatic heterocycles. The van der Waals surface area contributed by atoms with Crippen molar-refractivity contribution >= 4 is 23.6 Å². The van der Waals surface area contributed by atoms with Crippen molar-refractivity contribution in [2.45, 2.75) is 82.5 Å². The summed E-state index contributed by atoms with van der Waals surface area (Å²) < 4.78 is 18.4. The predicted molar refractivity (Wildman–Crippen MR) is 171 cm³/mol. The van der Waals surface area contributed by atoms with E-state index in [1.165, 1.54) is 26.0 Å². The third kappa shape index (κ3) is 11.0. The number of aliphatic hydroxyl groups is 2. The van der Waals surface area contributed by atoms with Crippen LogP contribution in [0.5, 0.6) is 0 Å². The highest BCUT2D eigenvalue weighted by molar-refractivity contribution is 7.99. The maximum Gasteiger partial charge on any atom is 0.248 e. The van der Waals surface area contributed by atoms with Gasteiger partial charge in [0.1, 0.15) is 24.9 Å². The Morgan fingerprint density at radius 2 is 1.87 bits per heavy atom. The van der Waals surface area contributed by atoms with Crippen molar-refractivity contribution in [3.05, 3.63) is 24.5 Å². The van der Waals surface area contributed by atoms with E-state index in [0.717, 1.165) is 17.8 Å². The Hall–Kier alpha value is -2.62. The summed E-state index contributed by atoms with van der Waals surface area (Å²) in [4.78, 5) is 34.9. The van der Waals surface area contributed by atoms with Crippen molar-refractivity contribution in [3.63, 3.8) is 0 Å². The van der Waals surface area contributed by atoms with Crippen LogP contribution in [0.25, 0.3) is 11.4 Å². The average Bonchev–Trinajstić information content (AvgIpc) is 3.43. The van der Waals surface area contributed by atoms with Crippen LogP contribution in [-0.4, -0.2) is 135 Å². The van der Waals surface area contributed by atoms with Gasteiger partial charge in [-0.3, -0.25) is 14.6 Å². The van der Waals surface area contributed by atoms with Crippen LogP contribution in [0.2, 0.25) is 0 Å². The van der Waals surface area contributed by atoms with Crippen LogP contribution >= 0.6 is 11.8 Å². The minimum atomic E-state index is -1.27. The van der Waals surface area contributed by atoms with Crippen LogP contribution in [0, 0.1) is 5.92 Å². The van der Waals surface area contributed by atoms with E-state index in [4.69, 9.17) is 14.2 Å². The lowest BCUT2D eigenvalue weighted by Crippen LogP contribution is -2.54. The molecule has 252 valence electrons. The van der Waals surface area contributed by atoms with Gasteiger partial charge in [-0.25, -0.2) is 0 Å². The molecular formula is C31H50N6O7S. The molecule has 0 bridgehead atoms. The summed E-state index contributed by atoms with van der Waals surface area (Å²) in [5, 5.41) is 30.9. The second-order valence-corrected chi connectivity index (χ2v) is 12.6. The average molecular weight is 651 g/mol. The van der Waals surface area contributed by atoms with Crippen LogP contribution < -0.4 is 0 Å². The lowest BCUT2D eigenvalue weighted by Gasteiger charge is -2.38. The molecule has 0 radical (unpaired) electrons. The highest BCUT2D eigenvalue weighted by Crippen LogP contribution is 2.25. The molecule has 1 aliphatic heterocycles. The minimum absolute atomic E-state index is 0.0141. The van der Waals surface area contributed by atoms with E-state index in [1.807, 2.05) is 21.6 Å². The predicted octanol–water partition coefficient (Wildman–Crippen LogP) is 2.11. The van der Waals surface area contributed by atoms with Crippen LogP contribution in [0.3, 0.4) is 0 Å². The van der Waals surface area contributed by atoms with Gasteiger partial charge in [0.25, 0.3) is 0 Å². The normalized spacial score (nSPS) is 22.4. The van der Waals surface area contributed by atoms with E-state index >= 15 is 0 Å². The first kappa shape index (κ1) is 36.8. The van der Waals surface area contributed by atoms with Crippen molar-refractivity contribution in [1.29, 1.82) is 0 Å². The van der Waals surface area contributed by atoms with Gasteiger partial charge in [0, 0.05) is 71.0 Å². The lowest BCUT2D eigenvalue weighted by molar-refractivity contribution is -0.145. The number of aliphatic hydroxyl groups excluding tert-OH is 2. The molecule has 0 spiro atoms. The fraction of sp³-hybridized carbons (Fsp3) is 0.710. The van der Waals surface area contributed by atoms with Crippen LogP contribution in [-0.2, 0) is 30.3 Å². The largest absolute Gasteiger partial charge is 0.388 e. The quantitative estimate of drug-likeness (QED) is 0.344. The molecule has 0 unspecified atom stereocenters. The Labute approximate surface area is 270 Å². The highest BCUT2D eigenvalue weighted by Gasteiger charge is 2.33. The number of aromatic nitrogens is 4. The van der Waals surface area contributed by atoms with Gasteiger partial charge in [0.15, 0.2) is 11.0 Å². The topological polar surface area (TPSA) is 152 Å². The van der Waals surface area contributed by atoms with E-state index in [-0.39, 0.29) is 55.8 Å². The molecule has 2 N–H and O–H groups in total. The van der Waals surface area contributed by atoms with Crippen LogP contribution in [0.4, 0.5) is 0 Å². The lowest BCUT2D eigenvalue weighted by atomic mass is 10.00. The number of thioether (sulfide) groups is 1. The first-order valence-electron chi connectivity index (χ1n) is 15.7. The van der Waals surface area contributed by atoms with E-state index in [0.29, 0.717) is 44.1 Å². The molecule has 3 heterocycles. The molecule has 2 amide bonds. The Bertz CT molecular complexity index is 1170. The van der Waals surface area contributed by atoms with Crippen LogP contribution in [0.15, 0.2) is 29.7 Å². The molecule has 0 saturated carbocycles. The zero-order valence-corrected chi connectivity index (χ0v) is 28.0. The van der Waals surface area contributed by atoms with Crippen molar-refractivity contribution in [1.82, 2.24) is 29.5 Å². The van der Waals surface area contributed by atoms with Crippen molar-refractivity contribution < 1.29 is 34.0 Å². The molecule has 4 atom stereocenters. The van der Waals surface area contributed by atoms with E-state index in [2.05, 4.69) is 36.0 Å². The fourth-order valence-corrected chi connectivity index (χ4v) is 6.27. The summed E-state index contributed by atoms with van der Waals surface area (Å²) in [6, 6.07) is 3.48. The Kier molecular flexibility index (Phi) is 15.7. The van der Waals surface area contributed by atoms with Gasteiger partial charge in [-0.15, -0.1) is 10.2 Å². The number of ether oxygens (including phenoxy) is 3. The summed E-state index contributed by atoms with van der Waals surface area (Å²) in [6.45, 7) is 7.84. The van der Waals surface area contributed by atoms with Gasteiger partial charge in [-0.1, -0.05) is 32.5 Å². The number of pyridine rings is 1. The summed E-state index contributed by atoms with van der Waals surface area (Å²) in [5.74, 6) is 0.767. The highest BCUT2D eigenvalue weighted by atomic mass is 32.2. The number of carbonyl (C=O) groups excluding carboxylic acids is 2. The first-order chi connectivity index (χ1) is 21.7. The molecule has 1 aliphatic rings. The fourth-order valence-electron chi connectivity index (χ4n) is 5.42. The molecule has 13 nitrogen and oxygen atoms in total. The molecule has 1 fully saturated rings.